The van der Waals surface area contributed by atoms with Gasteiger partial charge in [-0.3, -0.25) is 4.79 Å². The number of aliphatic carboxylic acids is 1. The second kappa shape index (κ2) is 18.2. The molecule has 0 fully saturated rings. The maximum atomic E-state index is 10.7. The molecule has 312 valence electrons. The lowest BCUT2D eigenvalue weighted by Crippen LogP contribution is -1.99. The molecule has 5 heteroatoms. The van der Waals surface area contributed by atoms with Crippen LogP contribution in [0.2, 0.25) is 0 Å². The highest BCUT2D eigenvalue weighted by molar-refractivity contribution is 6.25. The maximum Gasteiger partial charge on any atom is 0.303 e. The van der Waals surface area contributed by atoms with E-state index in [-0.39, 0.29) is 6.42 Å². The van der Waals surface area contributed by atoms with Crippen LogP contribution in [0.1, 0.15) is 42.4 Å². The molecular weight excluding hydrogens is 771 g/mol. The van der Waals surface area contributed by atoms with Crippen LogP contribution in [0.15, 0.2) is 164 Å². The number of carboxylic acid groups (broad SMARTS) is 1. The zero-order valence-electron chi connectivity index (χ0n) is 35.8. The summed E-state index contributed by atoms with van der Waals surface area (Å²) in [5.41, 5.74) is 19.9. The molecule has 0 atom stereocenters. The topological polar surface area (TPSA) is 115 Å². The van der Waals surface area contributed by atoms with Crippen molar-refractivity contribution in [2.75, 3.05) is 13.6 Å². The van der Waals surface area contributed by atoms with E-state index in [1.807, 2.05) is 0 Å². The predicted molar refractivity (Wildman–Crippen MR) is 271 cm³/mol. The van der Waals surface area contributed by atoms with Gasteiger partial charge in [0.2, 0.25) is 0 Å². The third-order valence-electron chi connectivity index (χ3n) is 12.8. The molecule has 0 aliphatic carbocycles. The minimum Gasteiger partial charge on any atom is -0.481 e. The molecular formula is C58H53N3O2. The third-order valence-corrected chi connectivity index (χ3v) is 12.8. The van der Waals surface area contributed by atoms with E-state index in [0.717, 1.165) is 25.8 Å². The molecule has 0 bridgehead atoms. The molecule has 63 heavy (non-hydrogen) atoms. The summed E-state index contributed by atoms with van der Waals surface area (Å²) < 4.78 is 0. The van der Waals surface area contributed by atoms with Crippen molar-refractivity contribution in [1.29, 1.82) is 0 Å². The van der Waals surface area contributed by atoms with Crippen LogP contribution in [0.3, 0.4) is 0 Å². The van der Waals surface area contributed by atoms with Gasteiger partial charge in [-0.25, -0.2) is 0 Å². The van der Waals surface area contributed by atoms with Crippen molar-refractivity contribution in [3.05, 3.63) is 180 Å². The summed E-state index contributed by atoms with van der Waals surface area (Å²) in [4.78, 5) is 10.7. The molecule has 12 aromatic carbocycles. The Morgan fingerprint density at radius 2 is 0.683 bits per heavy atom. The molecule has 0 aliphatic heterocycles. The first-order valence-electron chi connectivity index (χ1n) is 22.2. The average Bonchev–Trinajstić information content (AvgIpc) is 3.33. The lowest BCUT2D eigenvalue weighted by Gasteiger charge is -2.13. The van der Waals surface area contributed by atoms with Gasteiger partial charge in [0, 0.05) is 13.0 Å². The highest BCUT2D eigenvalue weighted by Crippen LogP contribution is 2.39. The van der Waals surface area contributed by atoms with Crippen molar-refractivity contribution in [1.82, 2.24) is 0 Å². The van der Waals surface area contributed by atoms with Crippen molar-refractivity contribution < 1.29 is 9.90 Å². The molecule has 0 radical (unpaired) electrons. The number of nitrogens with two attached hydrogens (primary N) is 3. The molecule has 12 rings (SSSR count). The highest BCUT2D eigenvalue weighted by Gasteiger charge is 2.13. The van der Waals surface area contributed by atoms with E-state index in [2.05, 4.69) is 170 Å². The predicted octanol–water partition coefficient (Wildman–Crippen LogP) is 13.5. The standard InChI is InChI=1S/C20H19N.C20H16O2.C17H13N.CH5N/c21-13-2-1-4-14-7-8-17-10-9-15-5-3-6-16-11-12-18(14)20(17)19(15)16;21-18(22)6-2-3-13-7-8-16-10-9-14-4-1-5-15-11-12-17(13)20(16)19(14)15;18-10-14-7-6-13-5-4-11-2-1-3-12-8-9-15(14)17(13)16(11)12;1-2/h3,5-12H,1-2,4,13,21H2;1,4-5,7-12H,2-3,6H2,(H,21,22);1-9H,10,18H2;2H2,1H3. The summed E-state index contributed by atoms with van der Waals surface area (Å²) in [5.74, 6) is -0.724. The Hall–Kier alpha value is -6.89. The Morgan fingerprint density at radius 3 is 1.03 bits per heavy atom. The van der Waals surface area contributed by atoms with Gasteiger partial charge in [-0.05, 0) is 159 Å². The van der Waals surface area contributed by atoms with Crippen molar-refractivity contribution in [3.63, 3.8) is 0 Å². The van der Waals surface area contributed by atoms with Crippen molar-refractivity contribution >= 4 is 103 Å². The van der Waals surface area contributed by atoms with E-state index in [1.165, 1.54) is 127 Å². The summed E-state index contributed by atoms with van der Waals surface area (Å²) in [7, 11) is 1.50. The van der Waals surface area contributed by atoms with Crippen molar-refractivity contribution in [3.8, 4) is 0 Å². The first kappa shape index (κ1) is 41.5. The van der Waals surface area contributed by atoms with E-state index in [4.69, 9.17) is 16.6 Å². The molecule has 0 spiro atoms. The molecule has 0 amide bonds. The lowest BCUT2D eigenvalue weighted by atomic mass is 9.90. The van der Waals surface area contributed by atoms with E-state index in [0.29, 0.717) is 13.0 Å². The number of carboxylic acids is 1. The molecule has 7 N–H and O–H groups in total. The SMILES string of the molecule is CN.NCCCCc1ccc2ccc3cccc4ccc1c2c34.NCc1ccc2ccc3cccc4ccc1c2c34.O=C(O)CCCc1ccc2ccc3cccc4ccc1c2c34. The largest absolute Gasteiger partial charge is 0.481 e. The fourth-order valence-corrected chi connectivity index (χ4v) is 9.89. The van der Waals surface area contributed by atoms with E-state index in [9.17, 15) is 4.79 Å². The van der Waals surface area contributed by atoms with Gasteiger partial charge in [-0.15, -0.1) is 0 Å². The number of rotatable bonds is 9. The Labute approximate surface area is 367 Å². The van der Waals surface area contributed by atoms with Gasteiger partial charge in [0.05, 0.1) is 0 Å². The van der Waals surface area contributed by atoms with Gasteiger partial charge >= 0.3 is 5.97 Å². The van der Waals surface area contributed by atoms with Crippen LogP contribution in [-0.4, -0.2) is 24.7 Å². The molecule has 12 aromatic rings. The van der Waals surface area contributed by atoms with Crippen molar-refractivity contribution in [2.24, 2.45) is 17.2 Å². The number of carbonyl (C=O) groups is 1. The number of benzene rings is 12. The van der Waals surface area contributed by atoms with Gasteiger partial charge < -0.3 is 22.3 Å². The van der Waals surface area contributed by atoms with Gasteiger partial charge in [0.1, 0.15) is 0 Å². The number of unbranched alkanes of at least 4 members (excludes halogenated alkanes) is 1. The van der Waals surface area contributed by atoms with Crippen LogP contribution < -0.4 is 17.2 Å². The number of hydrogen-bond acceptors (Lipinski definition) is 4. The second-order valence-electron chi connectivity index (χ2n) is 16.4. The van der Waals surface area contributed by atoms with E-state index >= 15 is 0 Å². The van der Waals surface area contributed by atoms with Crippen LogP contribution in [0.25, 0.3) is 97.0 Å². The molecule has 0 saturated carbocycles. The third kappa shape index (κ3) is 7.81. The van der Waals surface area contributed by atoms with Crippen LogP contribution in [0, 0.1) is 0 Å². The molecule has 0 saturated heterocycles. The fourth-order valence-electron chi connectivity index (χ4n) is 9.89. The average molecular weight is 824 g/mol. The zero-order valence-corrected chi connectivity index (χ0v) is 35.8. The summed E-state index contributed by atoms with van der Waals surface area (Å²) in [6, 6.07) is 59.1. The Kier molecular flexibility index (Phi) is 12.0. The van der Waals surface area contributed by atoms with Crippen LogP contribution >= 0.6 is 0 Å². The zero-order chi connectivity index (χ0) is 43.5. The Morgan fingerprint density at radius 1 is 0.381 bits per heavy atom. The number of aryl methyl sites for hydroxylation is 2. The minimum atomic E-state index is -0.724. The first-order valence-corrected chi connectivity index (χ1v) is 22.2. The summed E-state index contributed by atoms with van der Waals surface area (Å²) >= 11 is 0. The molecule has 5 nitrogen and oxygen atoms in total. The monoisotopic (exact) mass is 823 g/mol. The van der Waals surface area contributed by atoms with Crippen molar-refractivity contribution in [2.45, 2.75) is 45.1 Å². The Balaban J connectivity index is 0.000000118. The summed E-state index contributed by atoms with van der Waals surface area (Å²) in [6.07, 6.45) is 5.09. The molecule has 0 aromatic heterocycles. The lowest BCUT2D eigenvalue weighted by molar-refractivity contribution is -0.137. The second-order valence-corrected chi connectivity index (χ2v) is 16.4. The summed E-state index contributed by atoms with van der Waals surface area (Å²) in [6.45, 7) is 1.38. The van der Waals surface area contributed by atoms with Crippen LogP contribution in [0.4, 0.5) is 0 Å². The Bertz CT molecular complexity index is 3450. The fraction of sp³-hybridized carbons (Fsp3) is 0.155. The molecule has 0 unspecified atom stereocenters. The quantitative estimate of drug-likeness (QED) is 0.0855. The van der Waals surface area contributed by atoms with Gasteiger partial charge in [-0.1, -0.05) is 164 Å². The van der Waals surface area contributed by atoms with Gasteiger partial charge in [-0.2, -0.15) is 0 Å². The molecule has 0 aliphatic rings. The normalized spacial score (nSPS) is 11.5. The van der Waals surface area contributed by atoms with E-state index < -0.39 is 5.97 Å². The minimum absolute atomic E-state index is 0.224. The van der Waals surface area contributed by atoms with Crippen LogP contribution in [-0.2, 0) is 24.2 Å². The number of hydrogen-bond donors (Lipinski definition) is 4. The summed E-state index contributed by atoms with van der Waals surface area (Å²) in [5, 5.41) is 32.7. The van der Waals surface area contributed by atoms with Gasteiger partial charge in [0.15, 0.2) is 0 Å². The van der Waals surface area contributed by atoms with E-state index in [1.54, 1.807) is 0 Å². The highest BCUT2D eigenvalue weighted by atomic mass is 16.4. The van der Waals surface area contributed by atoms with Gasteiger partial charge in [0.25, 0.3) is 0 Å². The smallest absolute Gasteiger partial charge is 0.303 e. The molecule has 0 heterocycles. The van der Waals surface area contributed by atoms with Crippen LogP contribution in [0.5, 0.6) is 0 Å². The maximum absolute atomic E-state index is 10.7. The first-order chi connectivity index (χ1) is 31.0.